The first-order chi connectivity index (χ1) is 8.81. The Hall–Kier alpha value is -1.31. The highest BCUT2D eigenvalue weighted by molar-refractivity contribution is 7.89. The van der Waals surface area contributed by atoms with Gasteiger partial charge in [0.2, 0.25) is 10.0 Å². The van der Waals surface area contributed by atoms with Crippen molar-refractivity contribution in [3.8, 4) is 5.75 Å². The molecule has 0 spiro atoms. The first kappa shape index (κ1) is 15.7. The van der Waals surface area contributed by atoms with Crippen LogP contribution in [0.1, 0.15) is 13.3 Å². The average molecular weight is 308 g/mol. The molecule has 0 aliphatic rings. The second-order valence-electron chi connectivity index (χ2n) is 3.72. The van der Waals surface area contributed by atoms with Gasteiger partial charge in [0, 0.05) is 11.1 Å². The van der Waals surface area contributed by atoms with Gasteiger partial charge in [0.25, 0.3) is 0 Å². The van der Waals surface area contributed by atoms with E-state index in [9.17, 15) is 13.2 Å². The molecule has 0 radical (unpaired) electrons. The van der Waals surface area contributed by atoms with Crippen LogP contribution in [0, 0.1) is 0 Å². The summed E-state index contributed by atoms with van der Waals surface area (Å²) in [6.07, 6.45) is 0.129. The third-order valence-corrected chi connectivity index (χ3v) is 4.17. The van der Waals surface area contributed by atoms with E-state index in [-0.39, 0.29) is 17.1 Å². The van der Waals surface area contributed by atoms with Gasteiger partial charge in [0.15, 0.2) is 0 Å². The Morgan fingerprint density at radius 2 is 2.16 bits per heavy atom. The standard InChI is InChI=1S/C11H14ClNO5S/c1-3-8(11(14)15)13-19(16,17)10-5-4-7(12)6-9(10)18-2/h4-6,8,13H,3H2,1-2H3,(H,14,15)/t8-/m0/s1. The van der Waals surface area contributed by atoms with Gasteiger partial charge in [0.1, 0.15) is 16.7 Å². The van der Waals surface area contributed by atoms with Crippen LogP contribution in [0.25, 0.3) is 0 Å². The third kappa shape index (κ3) is 3.82. The molecule has 0 heterocycles. The van der Waals surface area contributed by atoms with Crippen molar-refractivity contribution in [2.45, 2.75) is 24.3 Å². The normalized spacial score (nSPS) is 13.0. The number of benzene rings is 1. The third-order valence-electron chi connectivity index (χ3n) is 2.42. The summed E-state index contributed by atoms with van der Waals surface area (Å²) in [6, 6.07) is 2.81. The summed E-state index contributed by atoms with van der Waals surface area (Å²) >= 11 is 5.74. The summed E-state index contributed by atoms with van der Waals surface area (Å²) in [4.78, 5) is 10.7. The van der Waals surface area contributed by atoms with Crippen molar-refractivity contribution in [1.29, 1.82) is 0 Å². The highest BCUT2D eigenvalue weighted by atomic mass is 35.5. The molecule has 1 aromatic rings. The fourth-order valence-electron chi connectivity index (χ4n) is 1.42. The molecule has 1 rings (SSSR count). The van der Waals surface area contributed by atoms with Crippen molar-refractivity contribution in [3.63, 3.8) is 0 Å². The Bertz CT molecular complexity index is 572. The molecule has 2 N–H and O–H groups in total. The maximum atomic E-state index is 12.1. The molecule has 0 aliphatic heterocycles. The van der Waals surface area contributed by atoms with Crippen LogP contribution in [0.5, 0.6) is 5.75 Å². The van der Waals surface area contributed by atoms with Crippen LogP contribution in [-0.4, -0.2) is 32.6 Å². The summed E-state index contributed by atoms with van der Waals surface area (Å²) < 4.78 is 31.2. The molecule has 0 bridgehead atoms. The summed E-state index contributed by atoms with van der Waals surface area (Å²) in [5, 5.41) is 9.20. The molecular weight excluding hydrogens is 294 g/mol. The van der Waals surface area contributed by atoms with Crippen LogP contribution in [0.4, 0.5) is 0 Å². The Kier molecular flexibility index (Phi) is 5.16. The molecule has 0 unspecified atom stereocenters. The number of sulfonamides is 1. The van der Waals surface area contributed by atoms with Crippen molar-refractivity contribution in [2.75, 3.05) is 7.11 Å². The minimum atomic E-state index is -3.99. The van der Waals surface area contributed by atoms with E-state index in [4.69, 9.17) is 21.4 Å². The smallest absolute Gasteiger partial charge is 0.321 e. The van der Waals surface area contributed by atoms with Gasteiger partial charge in [-0.05, 0) is 18.6 Å². The van der Waals surface area contributed by atoms with Crippen LogP contribution in [0.15, 0.2) is 23.1 Å². The number of carbonyl (C=O) groups is 1. The van der Waals surface area contributed by atoms with Crippen molar-refractivity contribution >= 4 is 27.6 Å². The minimum Gasteiger partial charge on any atom is -0.495 e. The van der Waals surface area contributed by atoms with E-state index < -0.39 is 22.0 Å². The molecule has 19 heavy (non-hydrogen) atoms. The lowest BCUT2D eigenvalue weighted by atomic mass is 10.2. The van der Waals surface area contributed by atoms with E-state index in [1.807, 2.05) is 0 Å². The molecular formula is C11H14ClNO5S. The monoisotopic (exact) mass is 307 g/mol. The van der Waals surface area contributed by atoms with Crippen molar-refractivity contribution < 1.29 is 23.1 Å². The van der Waals surface area contributed by atoms with Gasteiger partial charge < -0.3 is 9.84 Å². The summed E-state index contributed by atoms with van der Waals surface area (Å²) in [5.41, 5.74) is 0. The number of ether oxygens (including phenoxy) is 1. The van der Waals surface area contributed by atoms with E-state index in [0.29, 0.717) is 5.02 Å². The zero-order chi connectivity index (χ0) is 14.6. The second kappa shape index (κ2) is 6.23. The van der Waals surface area contributed by atoms with Gasteiger partial charge >= 0.3 is 5.97 Å². The Morgan fingerprint density at radius 1 is 1.53 bits per heavy atom. The van der Waals surface area contributed by atoms with E-state index in [2.05, 4.69) is 4.72 Å². The molecule has 6 nitrogen and oxygen atoms in total. The molecule has 1 aromatic carbocycles. The molecule has 0 aliphatic carbocycles. The summed E-state index contributed by atoms with van der Waals surface area (Å²) in [6.45, 7) is 1.57. The molecule has 8 heteroatoms. The number of carboxylic acids is 1. The molecule has 0 fully saturated rings. The van der Waals surface area contributed by atoms with Crippen molar-refractivity contribution in [2.24, 2.45) is 0 Å². The predicted octanol–water partition coefficient (Wildman–Crippen LogP) is 1.49. The fraction of sp³-hybridized carbons (Fsp3) is 0.364. The second-order valence-corrected chi connectivity index (χ2v) is 5.83. The zero-order valence-electron chi connectivity index (χ0n) is 10.4. The summed E-state index contributed by atoms with van der Waals surface area (Å²) in [5.74, 6) is -1.18. The lowest BCUT2D eigenvalue weighted by Crippen LogP contribution is -2.40. The Morgan fingerprint density at radius 3 is 2.63 bits per heavy atom. The largest absolute Gasteiger partial charge is 0.495 e. The van der Waals surface area contributed by atoms with Crippen molar-refractivity contribution in [3.05, 3.63) is 23.2 Å². The molecule has 106 valence electrons. The maximum absolute atomic E-state index is 12.1. The topological polar surface area (TPSA) is 92.7 Å². The number of methoxy groups -OCH3 is 1. The summed E-state index contributed by atoms with van der Waals surface area (Å²) in [7, 11) is -2.69. The van der Waals surface area contributed by atoms with Gasteiger partial charge in [-0.1, -0.05) is 18.5 Å². The molecule has 0 aromatic heterocycles. The van der Waals surface area contributed by atoms with Gasteiger partial charge in [0.05, 0.1) is 7.11 Å². The molecule has 0 amide bonds. The molecule has 1 atom stereocenters. The van der Waals surface area contributed by atoms with Crippen LogP contribution in [0.2, 0.25) is 5.02 Å². The van der Waals surface area contributed by atoms with Crippen LogP contribution >= 0.6 is 11.6 Å². The average Bonchev–Trinajstić information content (AvgIpc) is 2.35. The SMILES string of the molecule is CC[C@H](NS(=O)(=O)c1ccc(Cl)cc1OC)C(=O)O. The van der Waals surface area contributed by atoms with Crippen LogP contribution < -0.4 is 9.46 Å². The number of carboxylic acid groups (broad SMARTS) is 1. The van der Waals surface area contributed by atoms with Crippen LogP contribution in [-0.2, 0) is 14.8 Å². The van der Waals surface area contributed by atoms with E-state index in [1.54, 1.807) is 6.92 Å². The highest BCUT2D eigenvalue weighted by Gasteiger charge is 2.26. The Balaban J connectivity index is 3.17. The highest BCUT2D eigenvalue weighted by Crippen LogP contribution is 2.27. The van der Waals surface area contributed by atoms with Gasteiger partial charge in [-0.3, -0.25) is 4.79 Å². The number of rotatable bonds is 6. The first-order valence-electron chi connectivity index (χ1n) is 5.40. The predicted molar refractivity (Wildman–Crippen MR) is 70.0 cm³/mol. The van der Waals surface area contributed by atoms with Crippen LogP contribution in [0.3, 0.4) is 0 Å². The number of aliphatic carboxylic acids is 1. The lowest BCUT2D eigenvalue weighted by molar-refractivity contribution is -0.139. The number of nitrogens with one attached hydrogen (secondary N) is 1. The number of halogens is 1. The molecule has 0 saturated heterocycles. The number of hydrogen-bond donors (Lipinski definition) is 2. The fourth-order valence-corrected chi connectivity index (χ4v) is 3.01. The first-order valence-corrected chi connectivity index (χ1v) is 7.26. The quantitative estimate of drug-likeness (QED) is 0.830. The molecule has 0 saturated carbocycles. The van der Waals surface area contributed by atoms with Gasteiger partial charge in [-0.2, -0.15) is 4.72 Å². The number of hydrogen-bond acceptors (Lipinski definition) is 4. The van der Waals surface area contributed by atoms with E-state index in [1.165, 1.54) is 25.3 Å². The minimum absolute atomic E-state index is 0.0558. The lowest BCUT2D eigenvalue weighted by Gasteiger charge is -2.14. The van der Waals surface area contributed by atoms with E-state index >= 15 is 0 Å². The Labute approximate surface area is 116 Å². The van der Waals surface area contributed by atoms with Gasteiger partial charge in [-0.15, -0.1) is 0 Å². The van der Waals surface area contributed by atoms with E-state index in [0.717, 1.165) is 0 Å². The van der Waals surface area contributed by atoms with Crippen molar-refractivity contribution in [1.82, 2.24) is 4.72 Å². The maximum Gasteiger partial charge on any atom is 0.321 e. The van der Waals surface area contributed by atoms with Gasteiger partial charge in [-0.25, -0.2) is 8.42 Å². The zero-order valence-corrected chi connectivity index (χ0v) is 12.0.